The van der Waals surface area contributed by atoms with Crippen LogP contribution in [0.2, 0.25) is 5.02 Å². The minimum Gasteiger partial charge on any atom is -0.504 e. The second-order valence-corrected chi connectivity index (χ2v) is 5.63. The molecule has 0 saturated carbocycles. The molecular weight excluding hydrogens is 282 g/mol. The van der Waals surface area contributed by atoms with Crippen LogP contribution in [0.4, 0.5) is 0 Å². The second kappa shape index (κ2) is 6.18. The largest absolute Gasteiger partial charge is 0.504 e. The van der Waals surface area contributed by atoms with E-state index in [-0.39, 0.29) is 11.9 Å². The fraction of sp³-hybridized carbons (Fsp3) is 0.571. The first-order chi connectivity index (χ1) is 9.41. The van der Waals surface area contributed by atoms with Gasteiger partial charge in [-0.2, -0.15) is 0 Å². The van der Waals surface area contributed by atoms with Gasteiger partial charge in [0.2, 0.25) is 0 Å². The van der Waals surface area contributed by atoms with Crippen molar-refractivity contribution >= 4 is 11.6 Å². The summed E-state index contributed by atoms with van der Waals surface area (Å²) in [6, 6.07) is 3.29. The number of rotatable bonds is 5. The van der Waals surface area contributed by atoms with Crippen LogP contribution < -0.4 is 10.1 Å². The van der Waals surface area contributed by atoms with E-state index in [1.165, 1.54) is 7.11 Å². The topological polar surface area (TPSA) is 60.0 Å². The van der Waals surface area contributed by atoms with Crippen molar-refractivity contribution in [3.8, 4) is 11.5 Å². The van der Waals surface area contributed by atoms with Crippen LogP contribution in [-0.4, -0.2) is 37.3 Å². The average Bonchev–Trinajstić information content (AvgIpc) is 2.72. The molecule has 0 bridgehead atoms. The molecule has 20 heavy (non-hydrogen) atoms. The van der Waals surface area contributed by atoms with Crippen LogP contribution >= 0.6 is 11.6 Å². The lowest BCUT2D eigenvalue weighted by atomic mass is 10.2. The highest BCUT2D eigenvalue weighted by atomic mass is 35.5. The van der Waals surface area contributed by atoms with Gasteiger partial charge in [0.1, 0.15) is 0 Å². The Morgan fingerprint density at radius 3 is 2.85 bits per heavy atom. The number of ether oxygens (including phenoxy) is 3. The molecule has 1 saturated heterocycles. The van der Waals surface area contributed by atoms with Crippen molar-refractivity contribution in [2.24, 2.45) is 0 Å². The molecule has 6 heteroatoms. The van der Waals surface area contributed by atoms with Crippen LogP contribution in [0.5, 0.6) is 11.5 Å². The van der Waals surface area contributed by atoms with Crippen LogP contribution in [-0.2, 0) is 16.0 Å². The highest BCUT2D eigenvalue weighted by Crippen LogP contribution is 2.33. The highest BCUT2D eigenvalue weighted by Gasteiger charge is 2.32. The average molecular weight is 302 g/mol. The van der Waals surface area contributed by atoms with Gasteiger partial charge in [-0.05, 0) is 19.9 Å². The number of phenolic OH excluding ortho intramolecular Hbond substituents is 1. The summed E-state index contributed by atoms with van der Waals surface area (Å²) < 4.78 is 16.2. The molecule has 0 aromatic heterocycles. The summed E-state index contributed by atoms with van der Waals surface area (Å²) in [5.74, 6) is -0.0440. The zero-order valence-corrected chi connectivity index (χ0v) is 12.7. The maximum atomic E-state index is 10.0. The van der Waals surface area contributed by atoms with Crippen LogP contribution in [0.15, 0.2) is 12.1 Å². The van der Waals surface area contributed by atoms with E-state index in [0.717, 1.165) is 0 Å². The van der Waals surface area contributed by atoms with E-state index in [1.807, 2.05) is 13.8 Å². The molecule has 0 aliphatic carbocycles. The van der Waals surface area contributed by atoms with E-state index in [4.69, 9.17) is 25.8 Å². The Labute approximate surface area is 123 Å². The summed E-state index contributed by atoms with van der Waals surface area (Å²) in [6.07, 6.45) is 0.00761. The van der Waals surface area contributed by atoms with Crippen molar-refractivity contribution in [1.82, 2.24) is 5.32 Å². The van der Waals surface area contributed by atoms with Gasteiger partial charge in [-0.1, -0.05) is 11.6 Å². The maximum absolute atomic E-state index is 10.0. The quantitative estimate of drug-likeness (QED) is 0.874. The van der Waals surface area contributed by atoms with Gasteiger partial charge in [-0.15, -0.1) is 0 Å². The number of phenols is 1. The lowest BCUT2D eigenvalue weighted by molar-refractivity contribution is -0.137. The summed E-state index contributed by atoms with van der Waals surface area (Å²) in [7, 11) is 1.49. The van der Waals surface area contributed by atoms with Gasteiger partial charge in [-0.3, -0.25) is 0 Å². The molecule has 0 spiro atoms. The Kier molecular flexibility index (Phi) is 4.75. The standard InChI is InChI=1S/C14H20ClNO4/c1-14(2)19-8-11(20-14)7-16-6-9-4-10(15)5-12(18-3)13(9)17/h4-5,11,16-17H,6-8H2,1-3H3. The van der Waals surface area contributed by atoms with Crippen LogP contribution in [0, 0.1) is 0 Å². The Morgan fingerprint density at radius 1 is 1.50 bits per heavy atom. The third-order valence-corrected chi connectivity index (χ3v) is 3.31. The van der Waals surface area contributed by atoms with Crippen molar-refractivity contribution in [1.29, 1.82) is 0 Å². The summed E-state index contributed by atoms with van der Waals surface area (Å²) in [5.41, 5.74) is 0.688. The molecule has 1 unspecified atom stereocenters. The molecule has 1 aromatic rings. The number of hydrogen-bond acceptors (Lipinski definition) is 5. The monoisotopic (exact) mass is 301 g/mol. The van der Waals surface area contributed by atoms with Crippen LogP contribution in [0.1, 0.15) is 19.4 Å². The number of halogens is 1. The lowest BCUT2D eigenvalue weighted by Gasteiger charge is -2.17. The Balaban J connectivity index is 1.90. The molecule has 1 heterocycles. The number of nitrogens with one attached hydrogen (secondary N) is 1. The second-order valence-electron chi connectivity index (χ2n) is 5.20. The Hall–Kier alpha value is -1.01. The molecule has 112 valence electrons. The molecule has 0 radical (unpaired) electrons. The molecule has 2 rings (SSSR count). The molecule has 1 aliphatic rings. The van der Waals surface area contributed by atoms with E-state index >= 15 is 0 Å². The summed E-state index contributed by atoms with van der Waals surface area (Å²) in [4.78, 5) is 0. The minimum atomic E-state index is -0.520. The zero-order chi connectivity index (χ0) is 14.8. The molecule has 1 aromatic carbocycles. The summed E-state index contributed by atoms with van der Waals surface area (Å²) >= 11 is 5.98. The van der Waals surface area contributed by atoms with E-state index in [9.17, 15) is 5.11 Å². The lowest BCUT2D eigenvalue weighted by Crippen LogP contribution is -2.30. The van der Waals surface area contributed by atoms with Crippen LogP contribution in [0.3, 0.4) is 0 Å². The van der Waals surface area contributed by atoms with Gasteiger partial charge in [-0.25, -0.2) is 0 Å². The molecule has 2 N–H and O–H groups in total. The molecule has 0 amide bonds. The first kappa shape index (κ1) is 15.4. The van der Waals surface area contributed by atoms with E-state index in [2.05, 4.69) is 5.32 Å². The predicted molar refractivity (Wildman–Crippen MR) is 76.3 cm³/mol. The normalized spacial score (nSPS) is 21.1. The number of benzene rings is 1. The zero-order valence-electron chi connectivity index (χ0n) is 11.9. The summed E-state index contributed by atoms with van der Waals surface area (Å²) in [6.45, 7) is 5.45. The SMILES string of the molecule is COc1cc(Cl)cc(CNCC2COC(C)(C)O2)c1O. The Bertz CT molecular complexity index is 478. The van der Waals surface area contributed by atoms with Gasteiger partial charge in [0.25, 0.3) is 0 Å². The Morgan fingerprint density at radius 2 is 2.25 bits per heavy atom. The van der Waals surface area contributed by atoms with Crippen molar-refractivity contribution in [3.63, 3.8) is 0 Å². The molecule has 1 atom stereocenters. The third kappa shape index (κ3) is 3.76. The predicted octanol–water partition coefficient (Wildman–Crippen LogP) is 2.30. The van der Waals surface area contributed by atoms with Crippen molar-refractivity contribution < 1.29 is 19.3 Å². The van der Waals surface area contributed by atoms with Gasteiger partial charge in [0.15, 0.2) is 17.3 Å². The molecule has 1 fully saturated rings. The fourth-order valence-electron chi connectivity index (χ4n) is 2.15. The molecular formula is C14H20ClNO4. The first-order valence-corrected chi connectivity index (χ1v) is 6.87. The van der Waals surface area contributed by atoms with Gasteiger partial charge < -0.3 is 24.6 Å². The van der Waals surface area contributed by atoms with E-state index in [1.54, 1.807) is 12.1 Å². The van der Waals surface area contributed by atoms with E-state index in [0.29, 0.717) is 36.0 Å². The van der Waals surface area contributed by atoms with Crippen LogP contribution in [0.25, 0.3) is 0 Å². The van der Waals surface area contributed by atoms with Gasteiger partial charge in [0, 0.05) is 29.7 Å². The minimum absolute atomic E-state index is 0.00761. The molecule has 1 aliphatic heterocycles. The van der Waals surface area contributed by atoms with Crippen molar-refractivity contribution in [3.05, 3.63) is 22.7 Å². The summed E-state index contributed by atoms with van der Waals surface area (Å²) in [5, 5.41) is 13.8. The third-order valence-electron chi connectivity index (χ3n) is 3.09. The van der Waals surface area contributed by atoms with E-state index < -0.39 is 5.79 Å². The smallest absolute Gasteiger partial charge is 0.163 e. The fourth-order valence-corrected chi connectivity index (χ4v) is 2.38. The number of aromatic hydroxyl groups is 1. The number of hydrogen-bond donors (Lipinski definition) is 2. The first-order valence-electron chi connectivity index (χ1n) is 6.49. The van der Waals surface area contributed by atoms with Gasteiger partial charge >= 0.3 is 0 Å². The number of methoxy groups -OCH3 is 1. The van der Waals surface area contributed by atoms with Crippen molar-refractivity contribution in [2.45, 2.75) is 32.3 Å². The maximum Gasteiger partial charge on any atom is 0.163 e. The van der Waals surface area contributed by atoms with Gasteiger partial charge in [0.05, 0.1) is 19.8 Å². The van der Waals surface area contributed by atoms with Crippen molar-refractivity contribution in [2.75, 3.05) is 20.3 Å². The highest BCUT2D eigenvalue weighted by molar-refractivity contribution is 6.30. The molecule has 5 nitrogen and oxygen atoms in total.